The van der Waals surface area contributed by atoms with Gasteiger partial charge in [0.2, 0.25) is 0 Å². The molecule has 0 saturated carbocycles. The maximum Gasteiger partial charge on any atom is 0.414 e. The molecule has 1 amide bonds. The van der Waals surface area contributed by atoms with Gasteiger partial charge in [0.15, 0.2) is 23.0 Å². The molecular formula is C21H24N2O5. The average Bonchev–Trinajstić information content (AvgIpc) is 2.68. The number of fused-ring (bicyclic) bond motifs is 4. The minimum atomic E-state index is -0.446. The Morgan fingerprint density at radius 3 is 2.64 bits per heavy atom. The van der Waals surface area contributed by atoms with Crippen LogP contribution in [0.4, 0.5) is 4.79 Å². The van der Waals surface area contributed by atoms with E-state index >= 15 is 0 Å². The van der Waals surface area contributed by atoms with Gasteiger partial charge in [-0.15, -0.1) is 0 Å². The largest absolute Gasteiger partial charge is 0.504 e. The van der Waals surface area contributed by atoms with E-state index < -0.39 is 6.09 Å². The lowest BCUT2D eigenvalue weighted by molar-refractivity contribution is 0.151. The Bertz CT molecular complexity index is 941. The predicted molar refractivity (Wildman–Crippen MR) is 103 cm³/mol. The van der Waals surface area contributed by atoms with Crippen LogP contribution in [0, 0.1) is 0 Å². The van der Waals surface area contributed by atoms with Gasteiger partial charge in [0.25, 0.3) is 0 Å². The molecule has 2 aliphatic heterocycles. The fourth-order valence-corrected chi connectivity index (χ4v) is 4.08. The lowest BCUT2D eigenvalue weighted by Gasteiger charge is -2.42. The highest BCUT2D eigenvalue weighted by Gasteiger charge is 2.35. The summed E-state index contributed by atoms with van der Waals surface area (Å²) in [7, 11) is 4.85. The number of phenols is 2. The summed E-state index contributed by atoms with van der Waals surface area (Å²) in [6.45, 7) is 1.44. The van der Waals surface area contributed by atoms with E-state index in [0.29, 0.717) is 18.0 Å². The molecule has 1 atom stereocenters. The summed E-state index contributed by atoms with van der Waals surface area (Å²) in [6.07, 6.45) is 1.06. The molecule has 0 spiro atoms. The number of methoxy groups -OCH3 is 1. The minimum absolute atomic E-state index is 0.0777. The van der Waals surface area contributed by atoms with Crippen LogP contribution in [-0.2, 0) is 19.4 Å². The van der Waals surface area contributed by atoms with Gasteiger partial charge in [-0.05, 0) is 47.7 Å². The number of hydrogen-bond acceptors (Lipinski definition) is 6. The van der Waals surface area contributed by atoms with Crippen molar-refractivity contribution in [3.63, 3.8) is 0 Å². The number of nitrogens with zero attached hydrogens (tertiary/aromatic N) is 2. The van der Waals surface area contributed by atoms with Gasteiger partial charge in [-0.3, -0.25) is 4.90 Å². The molecule has 28 heavy (non-hydrogen) atoms. The smallest absolute Gasteiger partial charge is 0.414 e. The summed E-state index contributed by atoms with van der Waals surface area (Å²) in [6, 6.07) is 7.27. The lowest BCUT2D eigenvalue weighted by Crippen LogP contribution is -2.39. The molecule has 0 bridgehead atoms. The number of benzene rings is 2. The van der Waals surface area contributed by atoms with Crippen molar-refractivity contribution in [2.24, 2.45) is 0 Å². The van der Waals surface area contributed by atoms with Gasteiger partial charge in [0.1, 0.15) is 0 Å². The Kier molecular flexibility index (Phi) is 4.55. The highest BCUT2D eigenvalue weighted by molar-refractivity contribution is 5.72. The Morgan fingerprint density at radius 2 is 1.93 bits per heavy atom. The summed E-state index contributed by atoms with van der Waals surface area (Å²) in [4.78, 5) is 15.9. The van der Waals surface area contributed by atoms with Crippen LogP contribution in [0.15, 0.2) is 24.3 Å². The maximum absolute atomic E-state index is 12.2. The quantitative estimate of drug-likeness (QED) is 0.775. The molecule has 2 aromatic carbocycles. The first-order valence-corrected chi connectivity index (χ1v) is 9.25. The second kappa shape index (κ2) is 6.91. The molecule has 7 nitrogen and oxygen atoms in total. The molecule has 0 saturated heterocycles. The number of carbonyl (C=O) groups excluding carboxylic acids is 1. The summed E-state index contributed by atoms with van der Waals surface area (Å²) >= 11 is 0. The number of amides is 1. The van der Waals surface area contributed by atoms with Crippen molar-refractivity contribution < 1.29 is 24.5 Å². The molecule has 0 fully saturated rings. The first kappa shape index (κ1) is 18.4. The molecular weight excluding hydrogens is 360 g/mol. The maximum atomic E-state index is 12.2. The first-order valence-electron chi connectivity index (χ1n) is 9.25. The number of aromatic hydroxyl groups is 2. The topological polar surface area (TPSA) is 82.5 Å². The number of rotatable bonds is 2. The van der Waals surface area contributed by atoms with E-state index in [1.54, 1.807) is 33.3 Å². The number of ether oxygens (including phenoxy) is 2. The van der Waals surface area contributed by atoms with Gasteiger partial charge in [-0.2, -0.15) is 0 Å². The van der Waals surface area contributed by atoms with Gasteiger partial charge in [-0.1, -0.05) is 6.07 Å². The number of hydrogen-bond donors (Lipinski definition) is 2. The van der Waals surface area contributed by atoms with Crippen molar-refractivity contribution in [2.75, 3.05) is 27.7 Å². The van der Waals surface area contributed by atoms with Crippen LogP contribution in [0.25, 0.3) is 0 Å². The van der Waals surface area contributed by atoms with Crippen molar-refractivity contribution in [3.05, 3.63) is 46.5 Å². The van der Waals surface area contributed by atoms with Crippen LogP contribution in [0.1, 0.15) is 28.3 Å². The lowest BCUT2D eigenvalue weighted by atomic mass is 9.83. The van der Waals surface area contributed by atoms with Crippen molar-refractivity contribution in [2.45, 2.75) is 25.4 Å². The van der Waals surface area contributed by atoms with Crippen LogP contribution >= 0.6 is 0 Å². The second-order valence-corrected chi connectivity index (χ2v) is 7.48. The molecule has 0 aliphatic carbocycles. The summed E-state index contributed by atoms with van der Waals surface area (Å²) in [5, 5.41) is 19.8. The molecule has 148 valence electrons. The zero-order valence-electron chi connectivity index (χ0n) is 16.2. The number of carbonyl (C=O) groups is 1. The molecule has 1 unspecified atom stereocenters. The molecule has 4 rings (SSSR count). The van der Waals surface area contributed by atoms with E-state index in [0.717, 1.165) is 41.6 Å². The molecule has 2 aromatic rings. The summed E-state index contributed by atoms with van der Waals surface area (Å²) in [5.74, 6) is 0.830. The van der Waals surface area contributed by atoms with Gasteiger partial charge in [-0.25, -0.2) is 4.79 Å². The zero-order valence-corrected chi connectivity index (χ0v) is 16.2. The van der Waals surface area contributed by atoms with E-state index in [2.05, 4.69) is 4.90 Å². The third kappa shape index (κ3) is 3.01. The van der Waals surface area contributed by atoms with Crippen molar-refractivity contribution in [1.82, 2.24) is 9.80 Å². The van der Waals surface area contributed by atoms with Gasteiger partial charge in [0, 0.05) is 38.8 Å². The third-order valence-electron chi connectivity index (χ3n) is 5.57. The van der Waals surface area contributed by atoms with Crippen LogP contribution in [-0.4, -0.2) is 53.9 Å². The zero-order chi connectivity index (χ0) is 20.0. The van der Waals surface area contributed by atoms with E-state index in [1.165, 1.54) is 4.90 Å². The molecule has 0 aromatic heterocycles. The molecule has 7 heteroatoms. The van der Waals surface area contributed by atoms with E-state index in [9.17, 15) is 15.0 Å². The highest BCUT2D eigenvalue weighted by atomic mass is 16.6. The second-order valence-electron chi connectivity index (χ2n) is 7.48. The Labute approximate surface area is 163 Å². The Balaban J connectivity index is 1.74. The Hall–Kier alpha value is -2.93. The number of phenolic OH excluding ortho intramolecular Hbond substituents is 2. The Morgan fingerprint density at radius 1 is 1.18 bits per heavy atom. The standard InChI is InChI=1S/C21H24N2O5/c1-22(2)21(26)28-20-15-11-23-7-6-13-9-17(24)18(25)10-14(13)16(23)8-12(15)4-5-19(20)27-3/h4-5,9-10,16,24-25H,6-8,11H2,1-3H3. The van der Waals surface area contributed by atoms with E-state index in [4.69, 9.17) is 9.47 Å². The fourth-order valence-electron chi connectivity index (χ4n) is 4.08. The normalized spacial score (nSPS) is 17.9. The van der Waals surface area contributed by atoms with Crippen molar-refractivity contribution in [1.29, 1.82) is 0 Å². The average molecular weight is 384 g/mol. The first-order chi connectivity index (χ1) is 13.4. The van der Waals surface area contributed by atoms with E-state index in [1.807, 2.05) is 12.1 Å². The summed E-state index contributed by atoms with van der Waals surface area (Å²) in [5.41, 5.74) is 4.14. The molecule has 2 heterocycles. The molecule has 0 radical (unpaired) electrons. The SMILES string of the molecule is COc1ccc2c(c1OC(=O)N(C)C)CN1CCc3cc(O)c(O)cc3C1C2. The molecule has 2 N–H and O–H groups in total. The molecule has 2 aliphatic rings. The minimum Gasteiger partial charge on any atom is -0.504 e. The highest BCUT2D eigenvalue weighted by Crippen LogP contribution is 2.45. The third-order valence-corrected chi connectivity index (χ3v) is 5.57. The van der Waals surface area contributed by atoms with Gasteiger partial charge >= 0.3 is 6.09 Å². The van der Waals surface area contributed by atoms with Gasteiger partial charge in [0.05, 0.1) is 7.11 Å². The van der Waals surface area contributed by atoms with E-state index in [-0.39, 0.29) is 17.5 Å². The van der Waals surface area contributed by atoms with Gasteiger partial charge < -0.3 is 24.6 Å². The predicted octanol–water partition coefficient (Wildman–Crippen LogP) is 2.82. The van der Waals surface area contributed by atoms with Crippen molar-refractivity contribution >= 4 is 6.09 Å². The monoisotopic (exact) mass is 384 g/mol. The fraction of sp³-hybridized carbons (Fsp3) is 0.381. The van der Waals surface area contributed by atoms with Crippen LogP contribution in [0.5, 0.6) is 23.0 Å². The van der Waals surface area contributed by atoms with Crippen LogP contribution < -0.4 is 9.47 Å². The van der Waals surface area contributed by atoms with Crippen molar-refractivity contribution in [3.8, 4) is 23.0 Å². The van der Waals surface area contributed by atoms with Crippen LogP contribution in [0.3, 0.4) is 0 Å². The van der Waals surface area contributed by atoms with Crippen LogP contribution in [0.2, 0.25) is 0 Å². The summed E-state index contributed by atoms with van der Waals surface area (Å²) < 4.78 is 11.1.